The van der Waals surface area contributed by atoms with Gasteiger partial charge in [-0.3, -0.25) is 0 Å². The average Bonchev–Trinajstić information content (AvgIpc) is 2.44. The van der Waals surface area contributed by atoms with Crippen LogP contribution in [0, 0.1) is 0 Å². The lowest BCUT2D eigenvalue weighted by Crippen LogP contribution is -2.30. The van der Waals surface area contributed by atoms with Gasteiger partial charge in [0, 0.05) is 32.1 Å². The molecule has 0 bridgehead atoms. The fraction of sp³-hybridized carbons (Fsp3) is 0.733. The lowest BCUT2D eigenvalue weighted by Gasteiger charge is -2.26. The van der Waals surface area contributed by atoms with Crippen LogP contribution in [0.15, 0.2) is 6.07 Å². The molecule has 1 unspecified atom stereocenters. The fourth-order valence-corrected chi connectivity index (χ4v) is 2.56. The molecule has 5 heteroatoms. The van der Waals surface area contributed by atoms with Crippen LogP contribution in [0.3, 0.4) is 0 Å². The van der Waals surface area contributed by atoms with E-state index in [2.05, 4.69) is 55.3 Å². The Hall–Kier alpha value is -0.970. The summed E-state index contributed by atoms with van der Waals surface area (Å²) in [5, 5.41) is 3.30. The lowest BCUT2D eigenvalue weighted by molar-refractivity contribution is 0.658. The largest absolute Gasteiger partial charge is 0.370 e. The number of nitrogens with zero attached hydrogens (tertiary/aromatic N) is 3. The van der Waals surface area contributed by atoms with E-state index in [1.54, 1.807) is 0 Å². The first kappa shape index (κ1) is 17.1. The number of anilines is 2. The van der Waals surface area contributed by atoms with E-state index >= 15 is 0 Å². The Kier molecular flexibility index (Phi) is 7.73. The summed E-state index contributed by atoms with van der Waals surface area (Å²) in [6.07, 6.45) is 5.32. The summed E-state index contributed by atoms with van der Waals surface area (Å²) in [4.78, 5) is 11.5. The molecule has 0 aliphatic rings. The number of aromatic nitrogens is 2. The molecule has 0 aromatic carbocycles. The molecule has 4 nitrogen and oxygen atoms in total. The molecule has 1 rings (SSSR count). The van der Waals surface area contributed by atoms with Crippen molar-refractivity contribution in [1.82, 2.24) is 9.97 Å². The number of aryl methyl sites for hydroxylation is 1. The van der Waals surface area contributed by atoms with Crippen molar-refractivity contribution >= 4 is 23.4 Å². The van der Waals surface area contributed by atoms with Gasteiger partial charge in [-0.2, -0.15) is 11.8 Å². The third kappa shape index (κ3) is 5.19. The van der Waals surface area contributed by atoms with Gasteiger partial charge in [0.05, 0.1) is 0 Å². The van der Waals surface area contributed by atoms with Gasteiger partial charge >= 0.3 is 0 Å². The molecule has 1 heterocycles. The highest BCUT2D eigenvalue weighted by molar-refractivity contribution is 7.98. The molecule has 114 valence electrons. The maximum Gasteiger partial charge on any atom is 0.134 e. The second-order valence-electron chi connectivity index (χ2n) is 5.05. The van der Waals surface area contributed by atoms with Crippen LogP contribution in [0.25, 0.3) is 0 Å². The summed E-state index contributed by atoms with van der Waals surface area (Å²) < 4.78 is 0. The van der Waals surface area contributed by atoms with Gasteiger partial charge in [-0.15, -0.1) is 0 Å². The minimum atomic E-state index is 0.487. The normalized spacial score (nSPS) is 12.2. The van der Waals surface area contributed by atoms with Crippen molar-refractivity contribution < 1.29 is 0 Å². The van der Waals surface area contributed by atoms with Crippen molar-refractivity contribution in [3.05, 3.63) is 11.9 Å². The van der Waals surface area contributed by atoms with Crippen molar-refractivity contribution in [2.24, 2.45) is 0 Å². The molecule has 0 fully saturated rings. The summed E-state index contributed by atoms with van der Waals surface area (Å²) >= 11 is 1.89. The van der Waals surface area contributed by atoms with Gasteiger partial charge < -0.3 is 10.2 Å². The van der Waals surface area contributed by atoms with E-state index in [0.717, 1.165) is 36.8 Å². The molecule has 0 saturated carbocycles. The minimum Gasteiger partial charge on any atom is -0.370 e. The highest BCUT2D eigenvalue weighted by Crippen LogP contribution is 2.19. The molecule has 0 amide bonds. The van der Waals surface area contributed by atoms with E-state index in [-0.39, 0.29) is 0 Å². The quantitative estimate of drug-likeness (QED) is 0.756. The van der Waals surface area contributed by atoms with Gasteiger partial charge in [0.2, 0.25) is 0 Å². The lowest BCUT2D eigenvalue weighted by atomic mass is 10.2. The van der Waals surface area contributed by atoms with Gasteiger partial charge in [-0.1, -0.05) is 6.92 Å². The van der Waals surface area contributed by atoms with Crippen LogP contribution in [-0.2, 0) is 6.42 Å². The van der Waals surface area contributed by atoms with Crippen LogP contribution in [0.4, 0.5) is 11.6 Å². The first-order chi connectivity index (χ1) is 9.62. The Morgan fingerprint density at radius 2 is 2.10 bits per heavy atom. The number of hydrogen-bond acceptors (Lipinski definition) is 5. The third-order valence-corrected chi connectivity index (χ3v) is 4.00. The van der Waals surface area contributed by atoms with E-state index < -0.39 is 0 Å². The number of rotatable bonds is 9. The zero-order valence-corrected chi connectivity index (χ0v) is 14.3. The molecule has 0 aliphatic carbocycles. The Bertz CT molecular complexity index is 373. The summed E-state index contributed by atoms with van der Waals surface area (Å²) in [6.45, 7) is 7.39. The number of hydrogen-bond donors (Lipinski definition) is 1. The molecular formula is C15H28N4S. The molecule has 0 spiro atoms. The van der Waals surface area contributed by atoms with Crippen molar-refractivity contribution in [2.75, 3.05) is 35.8 Å². The summed E-state index contributed by atoms with van der Waals surface area (Å²) in [7, 11) is 2.12. The van der Waals surface area contributed by atoms with Crippen molar-refractivity contribution in [2.45, 2.75) is 46.1 Å². The van der Waals surface area contributed by atoms with Crippen molar-refractivity contribution in [1.29, 1.82) is 0 Å². The zero-order valence-electron chi connectivity index (χ0n) is 13.4. The highest BCUT2D eigenvalue weighted by Gasteiger charge is 2.13. The van der Waals surface area contributed by atoms with Gasteiger partial charge in [0.15, 0.2) is 0 Å². The molecule has 1 N–H and O–H groups in total. The van der Waals surface area contributed by atoms with Crippen LogP contribution >= 0.6 is 11.8 Å². The van der Waals surface area contributed by atoms with E-state index in [9.17, 15) is 0 Å². The van der Waals surface area contributed by atoms with Crippen molar-refractivity contribution in [3.8, 4) is 0 Å². The van der Waals surface area contributed by atoms with E-state index in [1.165, 1.54) is 12.2 Å². The van der Waals surface area contributed by atoms with Gasteiger partial charge in [0.25, 0.3) is 0 Å². The fourth-order valence-electron chi connectivity index (χ4n) is 1.98. The average molecular weight is 296 g/mol. The predicted molar refractivity (Wildman–Crippen MR) is 91.1 cm³/mol. The molecule has 0 aliphatic heterocycles. The molecule has 1 aromatic heterocycles. The molecule has 1 atom stereocenters. The van der Waals surface area contributed by atoms with Crippen LogP contribution in [-0.4, -0.2) is 41.6 Å². The smallest absolute Gasteiger partial charge is 0.134 e. The van der Waals surface area contributed by atoms with Crippen LogP contribution in [0.2, 0.25) is 0 Å². The molecule has 1 aromatic rings. The minimum absolute atomic E-state index is 0.487. The monoisotopic (exact) mass is 296 g/mol. The topological polar surface area (TPSA) is 41.1 Å². The number of nitrogens with one attached hydrogen (secondary N) is 1. The molecule has 0 radical (unpaired) electrons. The standard InChI is InChI=1S/C15H28N4S/c1-6-8-13-17-14(16-7-2)11-15(18-13)19(4)12(3)9-10-20-5/h11-12H,6-10H2,1-5H3,(H,16,17,18). The van der Waals surface area contributed by atoms with E-state index in [0.29, 0.717) is 6.04 Å². The third-order valence-electron chi connectivity index (χ3n) is 3.35. The van der Waals surface area contributed by atoms with Crippen molar-refractivity contribution in [3.63, 3.8) is 0 Å². The van der Waals surface area contributed by atoms with Gasteiger partial charge in [-0.25, -0.2) is 9.97 Å². The summed E-state index contributed by atoms with van der Waals surface area (Å²) in [5.41, 5.74) is 0. The predicted octanol–water partition coefficient (Wildman–Crippen LogP) is 3.44. The molecule has 0 saturated heterocycles. The highest BCUT2D eigenvalue weighted by atomic mass is 32.2. The van der Waals surface area contributed by atoms with Crippen LogP contribution in [0.1, 0.15) is 39.4 Å². The maximum atomic E-state index is 4.70. The van der Waals surface area contributed by atoms with Crippen LogP contribution < -0.4 is 10.2 Å². The van der Waals surface area contributed by atoms with E-state index in [4.69, 9.17) is 4.98 Å². The molecule has 20 heavy (non-hydrogen) atoms. The Morgan fingerprint density at radius 1 is 1.35 bits per heavy atom. The van der Waals surface area contributed by atoms with E-state index in [1.807, 2.05) is 11.8 Å². The molecular weight excluding hydrogens is 268 g/mol. The maximum absolute atomic E-state index is 4.70. The van der Waals surface area contributed by atoms with Gasteiger partial charge in [-0.05, 0) is 38.7 Å². The SMILES string of the molecule is CCCc1nc(NCC)cc(N(C)C(C)CCSC)n1. The first-order valence-electron chi connectivity index (χ1n) is 7.45. The Balaban J connectivity index is 2.90. The number of thioether (sulfide) groups is 1. The Labute approximate surface area is 127 Å². The summed E-state index contributed by atoms with van der Waals surface area (Å²) in [6, 6.07) is 2.54. The summed E-state index contributed by atoms with van der Waals surface area (Å²) in [5.74, 6) is 4.07. The van der Waals surface area contributed by atoms with Gasteiger partial charge in [0.1, 0.15) is 17.5 Å². The second-order valence-corrected chi connectivity index (χ2v) is 6.03. The zero-order chi connectivity index (χ0) is 15.0. The first-order valence-corrected chi connectivity index (χ1v) is 8.85. The van der Waals surface area contributed by atoms with Crippen LogP contribution in [0.5, 0.6) is 0 Å². The second kappa shape index (κ2) is 9.06. The Morgan fingerprint density at radius 3 is 2.70 bits per heavy atom.